The summed E-state index contributed by atoms with van der Waals surface area (Å²) in [5, 5.41) is 16.2. The van der Waals surface area contributed by atoms with Crippen LogP contribution in [0.3, 0.4) is 0 Å². The first-order chi connectivity index (χ1) is 15.2. The summed E-state index contributed by atoms with van der Waals surface area (Å²) in [4.78, 5) is 17.9. The fourth-order valence-electron chi connectivity index (χ4n) is 2.61. The van der Waals surface area contributed by atoms with Gasteiger partial charge in [0, 0.05) is 29.7 Å². The minimum atomic E-state index is -4.70. The van der Waals surface area contributed by atoms with Gasteiger partial charge in [-0.3, -0.25) is 10.1 Å². The average molecular weight is 447 g/mol. The van der Waals surface area contributed by atoms with E-state index in [-0.39, 0.29) is 23.4 Å². The molecule has 1 unspecified atom stereocenters. The number of anilines is 4. The molecule has 32 heavy (non-hydrogen) atoms. The zero-order valence-electron chi connectivity index (χ0n) is 17.2. The van der Waals surface area contributed by atoms with Crippen molar-refractivity contribution in [1.82, 2.24) is 9.97 Å². The van der Waals surface area contributed by atoms with Gasteiger partial charge in [0.05, 0.1) is 11.0 Å². The highest BCUT2D eigenvalue weighted by atomic mass is 19.4. The van der Waals surface area contributed by atoms with Crippen LogP contribution in [0.2, 0.25) is 0 Å². The van der Waals surface area contributed by atoms with E-state index in [1.54, 1.807) is 24.3 Å². The molecule has 0 fully saturated rings. The Labute approximate surface area is 181 Å². The van der Waals surface area contributed by atoms with Crippen molar-refractivity contribution in [1.29, 1.82) is 0 Å². The van der Waals surface area contributed by atoms with E-state index in [0.717, 1.165) is 6.42 Å². The van der Waals surface area contributed by atoms with Gasteiger partial charge in [-0.25, -0.2) is 4.98 Å². The van der Waals surface area contributed by atoms with Gasteiger partial charge in [-0.05, 0) is 49.7 Å². The van der Waals surface area contributed by atoms with E-state index >= 15 is 0 Å². The lowest BCUT2D eigenvalue weighted by Crippen LogP contribution is -2.12. The lowest BCUT2D eigenvalue weighted by Gasteiger charge is -2.15. The van der Waals surface area contributed by atoms with Crippen molar-refractivity contribution in [3.63, 3.8) is 0 Å². The molecule has 0 amide bonds. The maximum absolute atomic E-state index is 13.4. The van der Waals surface area contributed by atoms with E-state index in [0.29, 0.717) is 17.6 Å². The fourth-order valence-corrected chi connectivity index (χ4v) is 2.61. The average Bonchev–Trinajstić information content (AvgIpc) is 2.75. The van der Waals surface area contributed by atoms with Gasteiger partial charge < -0.3 is 15.4 Å². The smallest absolute Gasteiger partial charge is 0.421 e. The largest absolute Gasteiger partial charge is 0.491 e. The molecule has 3 aromatic rings. The second-order valence-corrected chi connectivity index (χ2v) is 6.87. The van der Waals surface area contributed by atoms with Gasteiger partial charge >= 0.3 is 6.18 Å². The summed E-state index contributed by atoms with van der Waals surface area (Å²) >= 11 is 0. The molecule has 3 rings (SSSR count). The first-order valence-corrected chi connectivity index (χ1v) is 9.65. The Bertz CT molecular complexity index is 1070. The van der Waals surface area contributed by atoms with Crippen molar-refractivity contribution in [2.45, 2.75) is 32.5 Å². The molecule has 0 aliphatic rings. The normalized spacial score (nSPS) is 12.2. The maximum atomic E-state index is 13.4. The summed E-state index contributed by atoms with van der Waals surface area (Å²) in [6.45, 7) is 3.95. The summed E-state index contributed by atoms with van der Waals surface area (Å²) in [5.74, 6) is 0.123. The number of ether oxygens (including phenoxy) is 1. The van der Waals surface area contributed by atoms with Gasteiger partial charge in [-0.2, -0.15) is 18.2 Å². The second kappa shape index (κ2) is 9.50. The molecule has 168 valence electrons. The molecule has 0 spiro atoms. The van der Waals surface area contributed by atoms with E-state index in [1.165, 1.54) is 24.3 Å². The van der Waals surface area contributed by atoms with Crippen LogP contribution in [0.15, 0.2) is 54.7 Å². The number of aromatic nitrogens is 2. The van der Waals surface area contributed by atoms with Crippen molar-refractivity contribution in [3.05, 3.63) is 70.4 Å². The first-order valence-electron chi connectivity index (χ1n) is 9.65. The number of benzene rings is 2. The highest BCUT2D eigenvalue weighted by molar-refractivity contribution is 5.64. The Morgan fingerprint density at radius 1 is 1.06 bits per heavy atom. The monoisotopic (exact) mass is 447 g/mol. The molecular weight excluding hydrogens is 427 g/mol. The zero-order valence-corrected chi connectivity index (χ0v) is 17.2. The number of halogens is 3. The van der Waals surface area contributed by atoms with Crippen LogP contribution in [0.5, 0.6) is 5.75 Å². The molecule has 0 saturated carbocycles. The molecule has 11 heteroatoms. The molecule has 1 aromatic heterocycles. The topological polar surface area (TPSA) is 102 Å². The van der Waals surface area contributed by atoms with Gasteiger partial charge in [0.15, 0.2) is 0 Å². The van der Waals surface area contributed by atoms with Crippen LogP contribution >= 0.6 is 0 Å². The molecule has 2 N–H and O–H groups in total. The Kier molecular flexibility index (Phi) is 6.76. The number of nitro groups is 1. The molecule has 2 aromatic carbocycles. The molecule has 0 saturated heterocycles. The number of nitro benzene ring substituents is 1. The van der Waals surface area contributed by atoms with Gasteiger partial charge in [0.25, 0.3) is 5.69 Å². The van der Waals surface area contributed by atoms with Crippen LogP contribution in [0, 0.1) is 10.1 Å². The van der Waals surface area contributed by atoms with Crippen LogP contribution < -0.4 is 15.4 Å². The van der Waals surface area contributed by atoms with Crippen molar-refractivity contribution in [2.24, 2.45) is 0 Å². The molecule has 1 heterocycles. The quantitative estimate of drug-likeness (QED) is 0.319. The maximum Gasteiger partial charge on any atom is 0.421 e. The third kappa shape index (κ3) is 5.84. The highest BCUT2D eigenvalue weighted by Crippen LogP contribution is 2.35. The van der Waals surface area contributed by atoms with Gasteiger partial charge in [-0.15, -0.1) is 0 Å². The summed E-state index contributed by atoms with van der Waals surface area (Å²) in [7, 11) is 0. The standard InChI is InChI=1S/C21H20F3N5O3/c1-3-13(2)32-17-10-6-15(7-11-17)27-20-25-12-18(21(22,23)24)19(28-20)26-14-4-8-16(9-5-14)29(30)31/h4-13H,3H2,1-2H3,(H2,25,26,27,28). The predicted molar refractivity (Wildman–Crippen MR) is 114 cm³/mol. The zero-order chi connectivity index (χ0) is 23.3. The lowest BCUT2D eigenvalue weighted by molar-refractivity contribution is -0.384. The second-order valence-electron chi connectivity index (χ2n) is 6.87. The number of non-ortho nitro benzene ring substituents is 1. The molecule has 8 nitrogen and oxygen atoms in total. The Hall–Kier alpha value is -3.89. The van der Waals surface area contributed by atoms with Crippen molar-refractivity contribution >= 4 is 28.8 Å². The van der Waals surface area contributed by atoms with Crippen LogP contribution in [-0.2, 0) is 6.18 Å². The minimum Gasteiger partial charge on any atom is -0.491 e. The van der Waals surface area contributed by atoms with Gasteiger partial charge in [-0.1, -0.05) is 6.92 Å². The SMILES string of the molecule is CCC(C)Oc1ccc(Nc2ncc(C(F)(F)F)c(Nc3ccc([N+](=O)[O-])cc3)n2)cc1. The first kappa shape index (κ1) is 22.8. The lowest BCUT2D eigenvalue weighted by atomic mass is 10.2. The van der Waals surface area contributed by atoms with Crippen molar-refractivity contribution in [2.75, 3.05) is 10.6 Å². The number of alkyl halides is 3. The van der Waals surface area contributed by atoms with Crippen molar-refractivity contribution in [3.8, 4) is 5.75 Å². The van der Waals surface area contributed by atoms with E-state index in [1.807, 2.05) is 13.8 Å². The predicted octanol–water partition coefficient (Wildman–Crippen LogP) is 6.07. The third-order valence-electron chi connectivity index (χ3n) is 4.46. The number of hydrogen-bond donors (Lipinski definition) is 2. The number of hydrogen-bond acceptors (Lipinski definition) is 7. The highest BCUT2D eigenvalue weighted by Gasteiger charge is 2.35. The van der Waals surface area contributed by atoms with Crippen LogP contribution in [0.25, 0.3) is 0 Å². The summed E-state index contributed by atoms with van der Waals surface area (Å²) in [5.41, 5.74) is -0.490. The molecular formula is C21H20F3N5O3. The van der Waals surface area contributed by atoms with Crippen LogP contribution in [0.1, 0.15) is 25.8 Å². The van der Waals surface area contributed by atoms with E-state index in [9.17, 15) is 23.3 Å². The molecule has 1 atom stereocenters. The number of rotatable bonds is 8. The van der Waals surface area contributed by atoms with Gasteiger partial charge in [0.1, 0.15) is 17.1 Å². The third-order valence-corrected chi connectivity index (χ3v) is 4.46. The van der Waals surface area contributed by atoms with Crippen LogP contribution in [-0.4, -0.2) is 21.0 Å². The van der Waals surface area contributed by atoms with Crippen molar-refractivity contribution < 1.29 is 22.8 Å². The van der Waals surface area contributed by atoms with Gasteiger partial charge in [0.2, 0.25) is 5.95 Å². The fraction of sp³-hybridized carbons (Fsp3) is 0.238. The summed E-state index contributed by atoms with van der Waals surface area (Å²) < 4.78 is 45.9. The van der Waals surface area contributed by atoms with E-state index < -0.39 is 22.5 Å². The minimum absolute atomic E-state index is 0.0557. The molecule has 0 radical (unpaired) electrons. The Balaban J connectivity index is 1.83. The van der Waals surface area contributed by atoms with Crippen LogP contribution in [0.4, 0.5) is 42.0 Å². The number of nitrogens with zero attached hydrogens (tertiary/aromatic N) is 3. The van der Waals surface area contributed by atoms with E-state index in [4.69, 9.17) is 4.74 Å². The summed E-state index contributed by atoms with van der Waals surface area (Å²) in [6.07, 6.45) is -3.12. The molecule has 0 aliphatic carbocycles. The van der Waals surface area contributed by atoms with E-state index in [2.05, 4.69) is 20.6 Å². The Morgan fingerprint density at radius 2 is 1.66 bits per heavy atom. The molecule has 0 aliphatic heterocycles. The molecule has 0 bridgehead atoms. The summed E-state index contributed by atoms with van der Waals surface area (Å²) in [6, 6.07) is 11.8. The Morgan fingerprint density at radius 3 is 2.22 bits per heavy atom. The number of nitrogens with one attached hydrogen (secondary N) is 2.